The number of aromatic nitrogens is 1. The van der Waals surface area contributed by atoms with Crippen LogP contribution in [0.1, 0.15) is 21.6 Å². The number of rotatable bonds is 5. The number of benzene rings is 1. The Balaban J connectivity index is 2.17. The minimum absolute atomic E-state index is 0.0331. The van der Waals surface area contributed by atoms with Gasteiger partial charge in [-0.3, -0.25) is 4.79 Å². The van der Waals surface area contributed by atoms with Crippen molar-refractivity contribution in [3.63, 3.8) is 0 Å². The zero-order valence-electron chi connectivity index (χ0n) is 13.5. The number of methoxy groups -OCH3 is 1. The van der Waals surface area contributed by atoms with Gasteiger partial charge in [-0.1, -0.05) is 11.2 Å². The predicted molar refractivity (Wildman–Crippen MR) is 86.4 cm³/mol. The standard InChI is InChI=1S/C16H15F3N4O3/c1-25-13-8-9(2-3-10(13)16(17,18)19)11(20)4-5-14(21)22-15(24)12-6-7-26-23-12/h2-8H,20-21H2,1H3,(H,22,24)/b11-4-,14-5+. The van der Waals surface area contributed by atoms with Crippen LogP contribution in [0, 0.1) is 0 Å². The summed E-state index contributed by atoms with van der Waals surface area (Å²) >= 11 is 0. The van der Waals surface area contributed by atoms with E-state index in [1.807, 2.05) is 0 Å². The number of nitrogens with one attached hydrogen (secondary N) is 1. The highest BCUT2D eigenvalue weighted by Crippen LogP contribution is 2.37. The SMILES string of the molecule is COc1cc(/C(N)=C/C=C(\N)NC(=O)c2ccon2)ccc1C(F)(F)F. The maximum atomic E-state index is 12.9. The summed E-state index contributed by atoms with van der Waals surface area (Å²) in [5.41, 5.74) is 11.0. The van der Waals surface area contributed by atoms with Crippen LogP contribution < -0.4 is 21.5 Å². The van der Waals surface area contributed by atoms with E-state index in [-0.39, 0.29) is 23.0 Å². The van der Waals surface area contributed by atoms with Gasteiger partial charge in [0.15, 0.2) is 5.69 Å². The summed E-state index contributed by atoms with van der Waals surface area (Å²) in [5.74, 6) is -0.988. The third-order valence-electron chi connectivity index (χ3n) is 3.21. The quantitative estimate of drug-likeness (QED) is 0.697. The van der Waals surface area contributed by atoms with E-state index in [0.29, 0.717) is 5.56 Å². The number of ether oxygens (including phenoxy) is 1. The Bertz CT molecular complexity index is 843. The van der Waals surface area contributed by atoms with Crippen molar-refractivity contribution in [2.24, 2.45) is 11.5 Å². The van der Waals surface area contributed by atoms with Crippen LogP contribution in [0.15, 0.2) is 53.0 Å². The van der Waals surface area contributed by atoms with E-state index in [4.69, 9.17) is 16.2 Å². The molecule has 1 aromatic carbocycles. The fourth-order valence-corrected chi connectivity index (χ4v) is 1.95. The molecule has 7 nitrogen and oxygen atoms in total. The third-order valence-corrected chi connectivity index (χ3v) is 3.21. The Hall–Kier alpha value is -3.43. The molecular formula is C16H15F3N4O3. The molecule has 2 rings (SSSR count). The smallest absolute Gasteiger partial charge is 0.419 e. The number of amides is 1. The second-order valence-electron chi connectivity index (χ2n) is 5.00. The van der Waals surface area contributed by atoms with Crippen molar-refractivity contribution >= 4 is 11.6 Å². The minimum atomic E-state index is -4.54. The predicted octanol–water partition coefficient (Wildman–Crippen LogP) is 2.23. The monoisotopic (exact) mass is 368 g/mol. The Morgan fingerprint density at radius 1 is 1.27 bits per heavy atom. The molecule has 0 aliphatic carbocycles. The molecule has 26 heavy (non-hydrogen) atoms. The largest absolute Gasteiger partial charge is 0.496 e. The van der Waals surface area contributed by atoms with E-state index in [0.717, 1.165) is 19.2 Å². The van der Waals surface area contributed by atoms with Crippen LogP contribution >= 0.6 is 0 Å². The van der Waals surface area contributed by atoms with Gasteiger partial charge in [0.05, 0.1) is 12.7 Å². The first-order valence-electron chi connectivity index (χ1n) is 7.12. The Labute approximate surface area is 146 Å². The molecule has 0 aliphatic rings. The molecule has 0 aliphatic heterocycles. The number of carbonyl (C=O) groups excluding carboxylic acids is 1. The van der Waals surface area contributed by atoms with Gasteiger partial charge in [-0.25, -0.2) is 0 Å². The van der Waals surface area contributed by atoms with Gasteiger partial charge in [-0.05, 0) is 24.3 Å². The van der Waals surface area contributed by atoms with Crippen molar-refractivity contribution < 1.29 is 27.2 Å². The van der Waals surface area contributed by atoms with Gasteiger partial charge < -0.3 is 26.0 Å². The van der Waals surface area contributed by atoms with E-state index < -0.39 is 17.6 Å². The van der Waals surface area contributed by atoms with E-state index in [1.165, 1.54) is 30.5 Å². The van der Waals surface area contributed by atoms with Gasteiger partial charge in [0.1, 0.15) is 17.8 Å². The lowest BCUT2D eigenvalue weighted by Crippen LogP contribution is -2.27. The number of hydrogen-bond donors (Lipinski definition) is 3. The number of alkyl halides is 3. The van der Waals surface area contributed by atoms with Crippen LogP contribution in [0.4, 0.5) is 13.2 Å². The summed E-state index contributed by atoms with van der Waals surface area (Å²) in [5, 5.41) is 5.79. The molecule has 0 saturated carbocycles. The second kappa shape index (κ2) is 7.64. The second-order valence-corrected chi connectivity index (χ2v) is 5.00. The normalized spacial score (nSPS) is 12.8. The van der Waals surface area contributed by atoms with Crippen molar-refractivity contribution in [2.75, 3.05) is 7.11 Å². The van der Waals surface area contributed by atoms with E-state index >= 15 is 0 Å². The number of hydrogen-bond acceptors (Lipinski definition) is 6. The summed E-state index contributed by atoms with van der Waals surface area (Å²) in [6.07, 6.45) is -0.694. The summed E-state index contributed by atoms with van der Waals surface area (Å²) in [6.45, 7) is 0. The maximum Gasteiger partial charge on any atom is 0.419 e. The van der Waals surface area contributed by atoms with E-state index in [2.05, 4.69) is 15.0 Å². The summed E-state index contributed by atoms with van der Waals surface area (Å²) < 4.78 is 47.9. The zero-order valence-corrected chi connectivity index (χ0v) is 13.5. The average molecular weight is 368 g/mol. The Morgan fingerprint density at radius 3 is 2.58 bits per heavy atom. The number of nitrogens with two attached hydrogens (primary N) is 2. The molecule has 0 saturated heterocycles. The number of carbonyl (C=O) groups is 1. The van der Waals surface area contributed by atoms with E-state index in [9.17, 15) is 18.0 Å². The molecule has 0 unspecified atom stereocenters. The van der Waals surface area contributed by atoms with Crippen LogP contribution in [0.3, 0.4) is 0 Å². The molecule has 0 fully saturated rings. The first-order valence-corrected chi connectivity index (χ1v) is 7.12. The molecule has 1 aromatic heterocycles. The highest BCUT2D eigenvalue weighted by Gasteiger charge is 2.34. The molecule has 0 spiro atoms. The number of allylic oxidation sites excluding steroid dienone is 2. The highest BCUT2D eigenvalue weighted by atomic mass is 19.4. The van der Waals surface area contributed by atoms with Crippen LogP contribution in [-0.4, -0.2) is 18.2 Å². The van der Waals surface area contributed by atoms with Gasteiger partial charge in [0, 0.05) is 17.3 Å². The molecule has 2 aromatic rings. The first kappa shape index (κ1) is 18.9. The Morgan fingerprint density at radius 2 is 2.00 bits per heavy atom. The number of nitrogens with zero attached hydrogens (tertiary/aromatic N) is 1. The molecule has 0 radical (unpaired) electrons. The van der Waals surface area contributed by atoms with Crippen molar-refractivity contribution in [1.29, 1.82) is 0 Å². The van der Waals surface area contributed by atoms with Crippen LogP contribution in [-0.2, 0) is 6.18 Å². The summed E-state index contributed by atoms with van der Waals surface area (Å²) in [7, 11) is 1.13. The van der Waals surface area contributed by atoms with Crippen LogP contribution in [0.2, 0.25) is 0 Å². The van der Waals surface area contributed by atoms with Crippen molar-refractivity contribution in [1.82, 2.24) is 10.5 Å². The van der Waals surface area contributed by atoms with Gasteiger partial charge in [0.2, 0.25) is 0 Å². The molecule has 0 bridgehead atoms. The fraction of sp³-hybridized carbons (Fsp3) is 0.125. The summed E-state index contributed by atoms with van der Waals surface area (Å²) in [6, 6.07) is 4.58. The minimum Gasteiger partial charge on any atom is -0.496 e. The van der Waals surface area contributed by atoms with Gasteiger partial charge in [-0.15, -0.1) is 0 Å². The van der Waals surface area contributed by atoms with E-state index in [1.54, 1.807) is 0 Å². The van der Waals surface area contributed by atoms with Gasteiger partial charge >= 0.3 is 6.18 Å². The molecular weight excluding hydrogens is 353 g/mol. The van der Waals surface area contributed by atoms with Gasteiger partial charge in [0.25, 0.3) is 5.91 Å². The topological polar surface area (TPSA) is 116 Å². The maximum absolute atomic E-state index is 12.9. The first-order chi connectivity index (χ1) is 12.2. The zero-order chi connectivity index (χ0) is 19.3. The average Bonchev–Trinajstić information content (AvgIpc) is 3.13. The van der Waals surface area contributed by atoms with Crippen LogP contribution in [0.5, 0.6) is 5.75 Å². The Kier molecular flexibility index (Phi) is 5.55. The molecule has 1 amide bonds. The van der Waals surface area contributed by atoms with Crippen molar-refractivity contribution in [2.45, 2.75) is 6.18 Å². The molecule has 138 valence electrons. The van der Waals surface area contributed by atoms with Crippen molar-refractivity contribution in [3.8, 4) is 5.75 Å². The lowest BCUT2D eigenvalue weighted by atomic mass is 10.1. The summed E-state index contributed by atoms with van der Waals surface area (Å²) in [4.78, 5) is 11.7. The fourth-order valence-electron chi connectivity index (χ4n) is 1.95. The lowest BCUT2D eigenvalue weighted by Gasteiger charge is -2.13. The third kappa shape index (κ3) is 4.56. The number of halogens is 3. The molecule has 5 N–H and O–H groups in total. The highest BCUT2D eigenvalue weighted by molar-refractivity contribution is 5.93. The molecule has 1 heterocycles. The molecule has 0 atom stereocenters. The van der Waals surface area contributed by atoms with Gasteiger partial charge in [-0.2, -0.15) is 13.2 Å². The molecule has 10 heteroatoms. The van der Waals surface area contributed by atoms with Crippen LogP contribution in [0.25, 0.3) is 5.70 Å². The van der Waals surface area contributed by atoms with Crippen molar-refractivity contribution in [3.05, 3.63) is 65.3 Å². The lowest BCUT2D eigenvalue weighted by molar-refractivity contribution is -0.138.